The summed E-state index contributed by atoms with van der Waals surface area (Å²) in [6, 6.07) is 8.32. The quantitative estimate of drug-likeness (QED) is 0.739. The normalized spacial score (nSPS) is 10.4. The van der Waals surface area contributed by atoms with Crippen LogP contribution in [0.15, 0.2) is 42.7 Å². The molecule has 8 heteroatoms. The molecule has 1 amide bonds. The third-order valence-electron chi connectivity index (χ3n) is 2.81. The molecule has 7 nitrogen and oxygen atoms in total. The second-order valence-corrected chi connectivity index (χ2v) is 4.83. The highest BCUT2D eigenvalue weighted by Crippen LogP contribution is 2.20. The summed E-state index contributed by atoms with van der Waals surface area (Å²) in [6.45, 7) is -0.380. The van der Waals surface area contributed by atoms with Crippen molar-refractivity contribution in [2.45, 2.75) is 0 Å². The average molecular weight is 314 g/mol. The van der Waals surface area contributed by atoms with Gasteiger partial charge in [-0.1, -0.05) is 6.07 Å². The van der Waals surface area contributed by atoms with Crippen LogP contribution in [-0.4, -0.2) is 32.2 Å². The number of aromatic nitrogens is 3. The Morgan fingerprint density at radius 1 is 1.14 bits per heavy atom. The number of anilines is 1. The van der Waals surface area contributed by atoms with Gasteiger partial charge in [-0.2, -0.15) is 8.75 Å². The summed E-state index contributed by atoms with van der Waals surface area (Å²) in [7, 11) is 0. The number of ether oxygens (including phenoxy) is 1. The molecular weight excluding hydrogens is 304 g/mol. The van der Waals surface area contributed by atoms with Gasteiger partial charge in [-0.05, 0) is 24.3 Å². The highest BCUT2D eigenvalue weighted by Gasteiger charge is 2.12. The number of fused-ring (bicyclic) bond motifs is 1. The molecule has 0 unspecified atom stereocenters. The fourth-order valence-electron chi connectivity index (χ4n) is 1.80. The molecule has 0 fully saturated rings. The van der Waals surface area contributed by atoms with Gasteiger partial charge in [0.05, 0.1) is 23.0 Å². The zero-order valence-electron chi connectivity index (χ0n) is 11.2. The van der Waals surface area contributed by atoms with Crippen molar-refractivity contribution in [3.63, 3.8) is 0 Å². The number of amides is 1. The van der Waals surface area contributed by atoms with Crippen LogP contribution < -0.4 is 5.32 Å². The smallest absolute Gasteiger partial charge is 0.338 e. The molecule has 0 bridgehead atoms. The van der Waals surface area contributed by atoms with Crippen LogP contribution in [-0.2, 0) is 9.53 Å². The number of hydrogen-bond acceptors (Lipinski definition) is 7. The van der Waals surface area contributed by atoms with Gasteiger partial charge < -0.3 is 10.1 Å². The van der Waals surface area contributed by atoms with Crippen LogP contribution in [0.2, 0.25) is 0 Å². The highest BCUT2D eigenvalue weighted by molar-refractivity contribution is 7.00. The molecule has 0 saturated heterocycles. The number of nitrogens with one attached hydrogen (secondary N) is 1. The van der Waals surface area contributed by atoms with E-state index in [1.807, 2.05) is 0 Å². The van der Waals surface area contributed by atoms with Crippen molar-refractivity contribution in [1.29, 1.82) is 0 Å². The minimum atomic E-state index is -0.578. The van der Waals surface area contributed by atoms with Gasteiger partial charge in [0.1, 0.15) is 11.0 Å². The van der Waals surface area contributed by atoms with Gasteiger partial charge in [-0.25, -0.2) is 4.79 Å². The molecule has 1 N–H and O–H groups in total. The van der Waals surface area contributed by atoms with E-state index < -0.39 is 11.9 Å². The maximum atomic E-state index is 11.9. The molecule has 0 spiro atoms. The Labute approximate surface area is 129 Å². The maximum absolute atomic E-state index is 11.9. The zero-order valence-corrected chi connectivity index (χ0v) is 12.0. The van der Waals surface area contributed by atoms with Crippen molar-refractivity contribution >= 4 is 40.3 Å². The Bertz CT molecular complexity index is 819. The molecule has 0 saturated carbocycles. The van der Waals surface area contributed by atoms with E-state index in [-0.39, 0.29) is 6.61 Å². The summed E-state index contributed by atoms with van der Waals surface area (Å²) in [4.78, 5) is 27.4. The van der Waals surface area contributed by atoms with Gasteiger partial charge in [0.25, 0.3) is 5.91 Å². The first-order valence-corrected chi connectivity index (χ1v) is 7.05. The summed E-state index contributed by atoms with van der Waals surface area (Å²) in [5.74, 6) is -1.02. The first kappa shape index (κ1) is 14.1. The summed E-state index contributed by atoms with van der Waals surface area (Å²) in [5, 5.41) is 2.65. The van der Waals surface area contributed by atoms with Crippen LogP contribution in [0.25, 0.3) is 11.0 Å². The number of carbonyl (C=O) groups excluding carboxylic acids is 2. The van der Waals surface area contributed by atoms with Crippen LogP contribution in [0.5, 0.6) is 0 Å². The topological polar surface area (TPSA) is 94.1 Å². The lowest BCUT2D eigenvalue weighted by Crippen LogP contribution is -2.21. The Morgan fingerprint density at radius 2 is 1.95 bits per heavy atom. The van der Waals surface area contributed by atoms with Crippen molar-refractivity contribution in [1.82, 2.24) is 13.7 Å². The molecule has 22 heavy (non-hydrogen) atoms. The SMILES string of the molecule is O=C(COC(=O)c1ccncc1)Nc1cccc2nsnc12. The summed E-state index contributed by atoms with van der Waals surface area (Å²) >= 11 is 1.07. The van der Waals surface area contributed by atoms with Crippen molar-refractivity contribution in [2.75, 3.05) is 11.9 Å². The number of benzene rings is 1. The third kappa shape index (κ3) is 3.07. The van der Waals surface area contributed by atoms with E-state index >= 15 is 0 Å². The van der Waals surface area contributed by atoms with Crippen LogP contribution in [0.3, 0.4) is 0 Å². The highest BCUT2D eigenvalue weighted by atomic mass is 32.1. The van der Waals surface area contributed by atoms with E-state index in [4.69, 9.17) is 4.74 Å². The average Bonchev–Trinajstić information content (AvgIpc) is 3.03. The molecule has 0 aliphatic heterocycles. The lowest BCUT2D eigenvalue weighted by Gasteiger charge is -2.06. The van der Waals surface area contributed by atoms with Crippen LogP contribution in [0.4, 0.5) is 5.69 Å². The van der Waals surface area contributed by atoms with Crippen molar-refractivity contribution in [3.05, 3.63) is 48.3 Å². The van der Waals surface area contributed by atoms with E-state index in [1.54, 1.807) is 18.2 Å². The van der Waals surface area contributed by atoms with Crippen LogP contribution in [0.1, 0.15) is 10.4 Å². The molecule has 2 aromatic heterocycles. The largest absolute Gasteiger partial charge is 0.452 e. The van der Waals surface area contributed by atoms with Gasteiger partial charge >= 0.3 is 5.97 Å². The van der Waals surface area contributed by atoms with Crippen molar-refractivity contribution in [3.8, 4) is 0 Å². The fraction of sp³-hybridized carbons (Fsp3) is 0.0714. The Balaban J connectivity index is 1.61. The zero-order chi connectivity index (χ0) is 15.4. The van der Waals surface area contributed by atoms with Gasteiger partial charge in [-0.15, -0.1) is 0 Å². The molecule has 1 aromatic carbocycles. The van der Waals surface area contributed by atoms with Gasteiger partial charge in [0, 0.05) is 12.4 Å². The van der Waals surface area contributed by atoms with E-state index in [9.17, 15) is 9.59 Å². The second-order valence-electron chi connectivity index (χ2n) is 4.30. The van der Waals surface area contributed by atoms with E-state index in [1.165, 1.54) is 24.5 Å². The molecule has 110 valence electrons. The lowest BCUT2D eigenvalue weighted by atomic mass is 10.2. The van der Waals surface area contributed by atoms with Crippen molar-refractivity contribution < 1.29 is 14.3 Å². The fourth-order valence-corrected chi connectivity index (χ4v) is 2.35. The molecule has 0 aliphatic rings. The maximum Gasteiger partial charge on any atom is 0.338 e. The predicted molar refractivity (Wildman–Crippen MR) is 80.6 cm³/mol. The predicted octanol–water partition coefficient (Wildman–Crippen LogP) is 1.88. The molecule has 3 rings (SSSR count). The van der Waals surface area contributed by atoms with Crippen LogP contribution in [0, 0.1) is 0 Å². The Kier molecular flexibility index (Phi) is 4.01. The minimum Gasteiger partial charge on any atom is -0.452 e. The number of esters is 1. The number of rotatable bonds is 4. The Morgan fingerprint density at radius 3 is 2.77 bits per heavy atom. The van der Waals surface area contributed by atoms with Crippen LogP contribution >= 0.6 is 11.7 Å². The minimum absolute atomic E-state index is 0.341. The Hall–Kier alpha value is -2.87. The summed E-state index contributed by atoms with van der Waals surface area (Å²) < 4.78 is 13.1. The molecule has 0 atom stereocenters. The van der Waals surface area contributed by atoms with E-state index in [0.717, 1.165) is 11.7 Å². The first-order valence-electron chi connectivity index (χ1n) is 6.32. The monoisotopic (exact) mass is 314 g/mol. The lowest BCUT2D eigenvalue weighted by molar-refractivity contribution is -0.119. The first-order chi connectivity index (χ1) is 10.7. The third-order valence-corrected chi connectivity index (χ3v) is 3.35. The van der Waals surface area contributed by atoms with Gasteiger partial charge in [-0.3, -0.25) is 9.78 Å². The van der Waals surface area contributed by atoms with Gasteiger partial charge in [0.15, 0.2) is 6.61 Å². The van der Waals surface area contributed by atoms with Crippen molar-refractivity contribution in [2.24, 2.45) is 0 Å². The molecule has 2 heterocycles. The second kappa shape index (κ2) is 6.27. The molecule has 0 aliphatic carbocycles. The number of nitrogens with zero attached hydrogens (tertiary/aromatic N) is 3. The molecule has 0 radical (unpaired) electrons. The van der Waals surface area contributed by atoms with Gasteiger partial charge in [0.2, 0.25) is 0 Å². The number of carbonyl (C=O) groups is 2. The van der Waals surface area contributed by atoms with E-state index in [0.29, 0.717) is 22.3 Å². The molecular formula is C14H10N4O3S. The summed E-state index contributed by atoms with van der Waals surface area (Å²) in [5.41, 5.74) is 2.20. The number of hydrogen-bond donors (Lipinski definition) is 1. The van der Waals surface area contributed by atoms with E-state index in [2.05, 4.69) is 19.0 Å². The molecule has 3 aromatic rings. The summed E-state index contributed by atoms with van der Waals surface area (Å²) in [6.07, 6.45) is 2.96. The standard InChI is InChI=1S/C14H10N4O3S/c19-12(8-21-14(20)9-4-6-15-7-5-9)16-10-2-1-3-11-13(10)18-22-17-11/h1-7H,8H2,(H,16,19). The number of pyridine rings is 1.